The highest BCUT2D eigenvalue weighted by atomic mass is 16.1. The van der Waals surface area contributed by atoms with Gasteiger partial charge in [0.15, 0.2) is 0 Å². The molecule has 1 unspecified atom stereocenters. The normalized spacial score (nSPS) is 12.4. The molecule has 18 heavy (non-hydrogen) atoms. The highest BCUT2D eigenvalue weighted by Crippen LogP contribution is 2.17. The Labute approximate surface area is 110 Å². The summed E-state index contributed by atoms with van der Waals surface area (Å²) in [6.45, 7) is 5.48. The molecule has 0 bridgehead atoms. The zero-order chi connectivity index (χ0) is 13.4. The summed E-state index contributed by atoms with van der Waals surface area (Å²) in [7, 11) is 0. The molecule has 1 aromatic carbocycles. The quantitative estimate of drug-likeness (QED) is 0.725. The molecule has 100 valence electrons. The summed E-state index contributed by atoms with van der Waals surface area (Å²) in [6, 6.07) is 10.2. The molecule has 0 aliphatic heterocycles. The van der Waals surface area contributed by atoms with Crippen molar-refractivity contribution in [3.05, 3.63) is 35.9 Å². The number of carbonyl (C=O) groups excluding carboxylic acids is 1. The van der Waals surface area contributed by atoms with E-state index in [0.717, 1.165) is 12.8 Å². The average Bonchev–Trinajstić information content (AvgIpc) is 2.37. The topological polar surface area (TPSA) is 55.1 Å². The Hall–Kier alpha value is -1.35. The number of amides is 1. The van der Waals surface area contributed by atoms with Gasteiger partial charge in [-0.3, -0.25) is 4.79 Å². The second-order valence-electron chi connectivity index (χ2n) is 4.97. The fourth-order valence-electron chi connectivity index (χ4n) is 1.94. The summed E-state index contributed by atoms with van der Waals surface area (Å²) in [5, 5.41) is 2.97. The van der Waals surface area contributed by atoms with E-state index in [9.17, 15) is 4.79 Å². The molecule has 1 rings (SSSR count). The maximum absolute atomic E-state index is 12.1. The Morgan fingerprint density at radius 3 is 2.50 bits per heavy atom. The van der Waals surface area contributed by atoms with Crippen LogP contribution in [0.3, 0.4) is 0 Å². The predicted molar refractivity (Wildman–Crippen MR) is 75.2 cm³/mol. The maximum Gasteiger partial charge on any atom is 0.223 e. The van der Waals surface area contributed by atoms with E-state index in [0.29, 0.717) is 19.0 Å². The van der Waals surface area contributed by atoms with Crippen LogP contribution in [-0.2, 0) is 11.2 Å². The standard InChI is InChI=1S/C15H24N2O/c1-12(2)14(15(18)17-10-6-9-16)11-13-7-4-3-5-8-13/h3-5,7-8,12,14H,6,9-11,16H2,1-2H3,(H,17,18). The van der Waals surface area contributed by atoms with Crippen LogP contribution in [0.15, 0.2) is 30.3 Å². The fourth-order valence-corrected chi connectivity index (χ4v) is 1.94. The minimum atomic E-state index is 0.0326. The van der Waals surface area contributed by atoms with Crippen molar-refractivity contribution in [2.45, 2.75) is 26.7 Å². The SMILES string of the molecule is CC(C)C(Cc1ccccc1)C(=O)NCCCN. The molecule has 3 nitrogen and oxygen atoms in total. The molecule has 0 radical (unpaired) electrons. The van der Waals surface area contributed by atoms with Crippen LogP contribution >= 0.6 is 0 Å². The second-order valence-corrected chi connectivity index (χ2v) is 4.97. The van der Waals surface area contributed by atoms with Crippen LogP contribution in [0.4, 0.5) is 0 Å². The summed E-state index contributed by atoms with van der Waals surface area (Å²) in [6.07, 6.45) is 1.63. The van der Waals surface area contributed by atoms with Crippen LogP contribution in [0.1, 0.15) is 25.8 Å². The molecule has 0 saturated heterocycles. The van der Waals surface area contributed by atoms with Crippen molar-refractivity contribution in [2.24, 2.45) is 17.6 Å². The first-order valence-electron chi connectivity index (χ1n) is 6.67. The Kier molecular flexibility index (Phi) is 6.44. The van der Waals surface area contributed by atoms with Gasteiger partial charge in [-0.25, -0.2) is 0 Å². The maximum atomic E-state index is 12.1. The van der Waals surface area contributed by atoms with Gasteiger partial charge in [0.25, 0.3) is 0 Å². The number of rotatable bonds is 7. The van der Waals surface area contributed by atoms with Gasteiger partial charge in [0.2, 0.25) is 5.91 Å². The zero-order valence-electron chi connectivity index (χ0n) is 11.4. The number of carbonyl (C=O) groups is 1. The van der Waals surface area contributed by atoms with Crippen molar-refractivity contribution in [3.63, 3.8) is 0 Å². The van der Waals surface area contributed by atoms with Gasteiger partial charge in [0.1, 0.15) is 0 Å². The number of nitrogens with one attached hydrogen (secondary N) is 1. The van der Waals surface area contributed by atoms with Gasteiger partial charge in [-0.1, -0.05) is 44.2 Å². The van der Waals surface area contributed by atoms with Gasteiger partial charge in [0, 0.05) is 12.5 Å². The van der Waals surface area contributed by atoms with Crippen molar-refractivity contribution >= 4 is 5.91 Å². The zero-order valence-corrected chi connectivity index (χ0v) is 11.4. The highest BCUT2D eigenvalue weighted by molar-refractivity contribution is 5.79. The van der Waals surface area contributed by atoms with Gasteiger partial charge in [-0.05, 0) is 30.9 Å². The van der Waals surface area contributed by atoms with Crippen molar-refractivity contribution < 1.29 is 4.79 Å². The molecule has 3 heteroatoms. The lowest BCUT2D eigenvalue weighted by molar-refractivity contribution is -0.126. The smallest absolute Gasteiger partial charge is 0.223 e. The molecule has 0 aromatic heterocycles. The molecule has 1 atom stereocenters. The summed E-state index contributed by atoms with van der Waals surface area (Å²) in [5.41, 5.74) is 6.64. The van der Waals surface area contributed by atoms with Crippen LogP contribution < -0.4 is 11.1 Å². The monoisotopic (exact) mass is 248 g/mol. The number of hydrogen-bond donors (Lipinski definition) is 2. The third kappa shape index (κ3) is 4.88. The molecule has 3 N–H and O–H groups in total. The van der Waals surface area contributed by atoms with Gasteiger partial charge in [-0.2, -0.15) is 0 Å². The van der Waals surface area contributed by atoms with Crippen LogP contribution in [-0.4, -0.2) is 19.0 Å². The molecule has 1 aromatic rings. The molecule has 0 saturated carbocycles. The third-order valence-corrected chi connectivity index (χ3v) is 3.12. The van der Waals surface area contributed by atoms with E-state index < -0.39 is 0 Å². The van der Waals surface area contributed by atoms with E-state index in [1.165, 1.54) is 5.56 Å². The van der Waals surface area contributed by atoms with E-state index in [2.05, 4.69) is 31.3 Å². The predicted octanol–water partition coefficient (Wildman–Crippen LogP) is 1.97. The molecule has 1 amide bonds. The first-order valence-corrected chi connectivity index (χ1v) is 6.67. The van der Waals surface area contributed by atoms with E-state index in [1.54, 1.807) is 0 Å². The number of nitrogens with two attached hydrogens (primary N) is 1. The lowest BCUT2D eigenvalue weighted by Gasteiger charge is -2.20. The Morgan fingerprint density at radius 2 is 1.94 bits per heavy atom. The molecule has 0 aliphatic rings. The molecule has 0 spiro atoms. The van der Waals surface area contributed by atoms with Crippen molar-refractivity contribution in [1.29, 1.82) is 0 Å². The summed E-state index contributed by atoms with van der Waals surface area (Å²) >= 11 is 0. The van der Waals surface area contributed by atoms with Gasteiger partial charge in [-0.15, -0.1) is 0 Å². The highest BCUT2D eigenvalue weighted by Gasteiger charge is 2.21. The Morgan fingerprint density at radius 1 is 1.28 bits per heavy atom. The number of benzene rings is 1. The first-order chi connectivity index (χ1) is 8.65. The van der Waals surface area contributed by atoms with Crippen molar-refractivity contribution in [3.8, 4) is 0 Å². The second kappa shape index (κ2) is 7.88. The van der Waals surface area contributed by atoms with E-state index in [1.807, 2.05) is 18.2 Å². The van der Waals surface area contributed by atoms with Crippen LogP contribution in [0.25, 0.3) is 0 Å². The van der Waals surface area contributed by atoms with Crippen LogP contribution in [0.5, 0.6) is 0 Å². The molecular weight excluding hydrogens is 224 g/mol. The lowest BCUT2D eigenvalue weighted by Crippen LogP contribution is -2.36. The molecule has 0 fully saturated rings. The molecular formula is C15H24N2O. The summed E-state index contributed by atoms with van der Waals surface area (Å²) in [5.74, 6) is 0.510. The minimum Gasteiger partial charge on any atom is -0.356 e. The summed E-state index contributed by atoms with van der Waals surface area (Å²) < 4.78 is 0. The van der Waals surface area contributed by atoms with E-state index in [-0.39, 0.29) is 11.8 Å². The lowest BCUT2D eigenvalue weighted by atomic mass is 9.88. The van der Waals surface area contributed by atoms with Crippen LogP contribution in [0.2, 0.25) is 0 Å². The Balaban J connectivity index is 2.57. The van der Waals surface area contributed by atoms with Crippen molar-refractivity contribution in [2.75, 3.05) is 13.1 Å². The number of hydrogen-bond acceptors (Lipinski definition) is 2. The summed E-state index contributed by atoms with van der Waals surface area (Å²) in [4.78, 5) is 12.1. The minimum absolute atomic E-state index is 0.0326. The van der Waals surface area contributed by atoms with Crippen LogP contribution in [0, 0.1) is 11.8 Å². The van der Waals surface area contributed by atoms with Gasteiger partial charge in [0.05, 0.1) is 0 Å². The average molecular weight is 248 g/mol. The fraction of sp³-hybridized carbons (Fsp3) is 0.533. The third-order valence-electron chi connectivity index (χ3n) is 3.12. The van der Waals surface area contributed by atoms with E-state index in [4.69, 9.17) is 5.73 Å². The van der Waals surface area contributed by atoms with Crippen molar-refractivity contribution in [1.82, 2.24) is 5.32 Å². The first kappa shape index (κ1) is 14.7. The van der Waals surface area contributed by atoms with E-state index >= 15 is 0 Å². The largest absolute Gasteiger partial charge is 0.356 e. The van der Waals surface area contributed by atoms with Gasteiger partial charge < -0.3 is 11.1 Å². The molecule has 0 aliphatic carbocycles. The molecule has 0 heterocycles. The Bertz CT molecular complexity index is 349. The van der Waals surface area contributed by atoms with Gasteiger partial charge >= 0.3 is 0 Å².